The van der Waals surface area contributed by atoms with E-state index in [1.807, 2.05) is 0 Å². The molecule has 2 N–H and O–H groups in total. The van der Waals surface area contributed by atoms with E-state index in [4.69, 9.17) is 17.3 Å². The molecule has 0 radical (unpaired) electrons. The van der Waals surface area contributed by atoms with E-state index in [1.54, 1.807) is 18.2 Å². The maximum absolute atomic E-state index is 12.4. The Balaban J connectivity index is 2.67. The third kappa shape index (κ3) is 3.36. The molecule has 0 spiro atoms. The highest BCUT2D eigenvalue weighted by atomic mass is 35.5. The highest BCUT2D eigenvalue weighted by Crippen LogP contribution is 2.29. The van der Waals surface area contributed by atoms with Gasteiger partial charge in [-0.05, 0) is 24.6 Å². The Hall–Kier alpha value is -1.27. The van der Waals surface area contributed by atoms with Gasteiger partial charge < -0.3 is 10.5 Å². The zero-order chi connectivity index (χ0) is 14.0. The van der Waals surface area contributed by atoms with Gasteiger partial charge in [0, 0.05) is 5.02 Å². The number of carbonyl (C=O) groups excluding carboxylic acids is 1. The molecule has 1 unspecified atom stereocenters. The van der Waals surface area contributed by atoms with Crippen LogP contribution in [-0.2, 0) is 16.1 Å². The summed E-state index contributed by atoms with van der Waals surface area (Å²) in [5.74, 6) is -1.53. The lowest BCUT2D eigenvalue weighted by atomic mass is 10.0. The first-order chi connectivity index (χ1) is 8.14. The van der Waals surface area contributed by atoms with Crippen molar-refractivity contribution in [2.75, 3.05) is 0 Å². The van der Waals surface area contributed by atoms with Crippen molar-refractivity contribution >= 4 is 17.6 Å². The van der Waals surface area contributed by atoms with Crippen LogP contribution in [0.4, 0.5) is 13.2 Å². The number of nitrogens with two attached hydrogens (primary N) is 1. The molecule has 0 bridgehead atoms. The lowest BCUT2D eigenvalue weighted by Crippen LogP contribution is -2.57. The molecule has 0 aromatic heterocycles. The Morgan fingerprint density at radius 3 is 2.56 bits per heavy atom. The monoisotopic (exact) mass is 281 g/mol. The molecule has 0 amide bonds. The molecule has 7 heteroatoms. The molecule has 1 aromatic carbocycles. The molecule has 0 saturated carbocycles. The number of halogens is 4. The second-order valence-corrected chi connectivity index (χ2v) is 4.34. The maximum atomic E-state index is 12.4. The lowest BCUT2D eigenvalue weighted by molar-refractivity contribution is -0.202. The van der Waals surface area contributed by atoms with E-state index in [0.29, 0.717) is 17.5 Å². The Morgan fingerprint density at radius 2 is 2.06 bits per heavy atom. The molecular weight excluding hydrogens is 271 g/mol. The first-order valence-corrected chi connectivity index (χ1v) is 5.29. The van der Waals surface area contributed by atoms with E-state index in [1.165, 1.54) is 6.07 Å². The predicted molar refractivity (Wildman–Crippen MR) is 59.9 cm³/mol. The van der Waals surface area contributed by atoms with Gasteiger partial charge in [-0.25, -0.2) is 4.79 Å². The molecule has 3 nitrogen and oxygen atoms in total. The van der Waals surface area contributed by atoms with E-state index in [0.717, 1.165) is 0 Å². The molecule has 0 fully saturated rings. The smallest absolute Gasteiger partial charge is 0.416 e. The van der Waals surface area contributed by atoms with E-state index in [-0.39, 0.29) is 6.61 Å². The van der Waals surface area contributed by atoms with Crippen LogP contribution in [0.2, 0.25) is 5.02 Å². The molecule has 100 valence electrons. The van der Waals surface area contributed by atoms with Gasteiger partial charge in [0.05, 0.1) is 0 Å². The minimum atomic E-state index is -4.86. The van der Waals surface area contributed by atoms with Crippen molar-refractivity contribution in [3.8, 4) is 0 Å². The van der Waals surface area contributed by atoms with Gasteiger partial charge >= 0.3 is 12.1 Å². The van der Waals surface area contributed by atoms with Crippen molar-refractivity contribution in [3.63, 3.8) is 0 Å². The fourth-order valence-corrected chi connectivity index (χ4v) is 1.25. The second kappa shape index (κ2) is 5.16. The number of benzene rings is 1. The third-order valence-electron chi connectivity index (χ3n) is 2.27. The Kier molecular flexibility index (Phi) is 4.24. The molecule has 1 aromatic rings. The van der Waals surface area contributed by atoms with Crippen LogP contribution in [0.3, 0.4) is 0 Å². The number of hydrogen-bond acceptors (Lipinski definition) is 3. The standard InChI is InChI=1S/C11H11ClF3NO2/c1-10(16,11(13,14)15)9(17)18-6-7-3-2-4-8(12)5-7/h2-5H,6,16H2,1H3. The molecule has 0 aliphatic heterocycles. The Morgan fingerprint density at radius 1 is 1.44 bits per heavy atom. The Labute approximate surface area is 107 Å². The third-order valence-corrected chi connectivity index (χ3v) is 2.51. The molecular formula is C11H11ClF3NO2. The Bertz CT molecular complexity index is 446. The highest BCUT2D eigenvalue weighted by molar-refractivity contribution is 6.30. The maximum Gasteiger partial charge on any atom is 0.416 e. The zero-order valence-corrected chi connectivity index (χ0v) is 10.2. The van der Waals surface area contributed by atoms with Crippen LogP contribution in [0, 0.1) is 0 Å². The average molecular weight is 282 g/mol. The fourth-order valence-electron chi connectivity index (χ4n) is 1.04. The molecule has 0 aliphatic rings. The highest BCUT2D eigenvalue weighted by Gasteiger charge is 2.55. The van der Waals surface area contributed by atoms with Gasteiger partial charge in [0.25, 0.3) is 0 Å². The molecule has 1 atom stereocenters. The number of esters is 1. The van der Waals surface area contributed by atoms with Crippen LogP contribution in [0.25, 0.3) is 0 Å². The van der Waals surface area contributed by atoms with E-state index in [2.05, 4.69) is 4.74 Å². The topological polar surface area (TPSA) is 52.3 Å². The zero-order valence-electron chi connectivity index (χ0n) is 9.42. The second-order valence-electron chi connectivity index (χ2n) is 3.91. The number of alkyl halides is 3. The minimum Gasteiger partial charge on any atom is -0.459 e. The first-order valence-electron chi connectivity index (χ1n) is 4.92. The molecule has 0 aliphatic carbocycles. The predicted octanol–water partition coefficient (Wildman–Crippen LogP) is 2.66. The summed E-state index contributed by atoms with van der Waals surface area (Å²) in [4.78, 5) is 11.3. The van der Waals surface area contributed by atoms with Gasteiger partial charge in [-0.1, -0.05) is 23.7 Å². The van der Waals surface area contributed by atoms with Crippen LogP contribution in [-0.4, -0.2) is 17.7 Å². The lowest BCUT2D eigenvalue weighted by Gasteiger charge is -2.25. The SMILES string of the molecule is CC(N)(C(=O)OCc1cccc(Cl)c1)C(F)(F)F. The van der Waals surface area contributed by atoms with Gasteiger partial charge in [0.2, 0.25) is 5.54 Å². The van der Waals surface area contributed by atoms with Crippen molar-refractivity contribution in [2.45, 2.75) is 25.2 Å². The van der Waals surface area contributed by atoms with Gasteiger partial charge in [-0.3, -0.25) is 0 Å². The number of ether oxygens (including phenoxy) is 1. The molecule has 0 heterocycles. The van der Waals surface area contributed by atoms with Crippen LogP contribution in [0.5, 0.6) is 0 Å². The van der Waals surface area contributed by atoms with Gasteiger partial charge in [0.15, 0.2) is 0 Å². The molecule has 0 saturated heterocycles. The summed E-state index contributed by atoms with van der Waals surface area (Å²) in [7, 11) is 0. The summed E-state index contributed by atoms with van der Waals surface area (Å²) in [6.07, 6.45) is -4.86. The number of rotatable bonds is 3. The normalized spacial score (nSPS) is 15.0. The summed E-state index contributed by atoms with van der Waals surface area (Å²) in [6.45, 7) is 0.246. The minimum absolute atomic E-state index is 0.317. The largest absolute Gasteiger partial charge is 0.459 e. The molecule has 1 rings (SSSR count). The number of hydrogen-bond donors (Lipinski definition) is 1. The van der Waals surface area contributed by atoms with Crippen molar-refractivity contribution in [2.24, 2.45) is 5.73 Å². The van der Waals surface area contributed by atoms with E-state index in [9.17, 15) is 18.0 Å². The summed E-state index contributed by atoms with van der Waals surface area (Å²) in [5, 5.41) is 0.398. The summed E-state index contributed by atoms with van der Waals surface area (Å²) in [6, 6.07) is 6.24. The van der Waals surface area contributed by atoms with E-state index >= 15 is 0 Å². The van der Waals surface area contributed by atoms with Crippen molar-refractivity contribution in [3.05, 3.63) is 34.9 Å². The van der Waals surface area contributed by atoms with Crippen LogP contribution in [0.1, 0.15) is 12.5 Å². The van der Waals surface area contributed by atoms with Crippen LogP contribution < -0.4 is 5.73 Å². The van der Waals surface area contributed by atoms with Crippen LogP contribution >= 0.6 is 11.6 Å². The van der Waals surface area contributed by atoms with Crippen molar-refractivity contribution in [1.29, 1.82) is 0 Å². The fraction of sp³-hybridized carbons (Fsp3) is 0.364. The average Bonchev–Trinajstić information content (AvgIpc) is 2.24. The van der Waals surface area contributed by atoms with Crippen molar-refractivity contribution in [1.82, 2.24) is 0 Å². The van der Waals surface area contributed by atoms with Crippen molar-refractivity contribution < 1.29 is 22.7 Å². The van der Waals surface area contributed by atoms with Crippen LogP contribution in [0.15, 0.2) is 24.3 Å². The summed E-state index contributed by atoms with van der Waals surface area (Å²) >= 11 is 5.68. The summed E-state index contributed by atoms with van der Waals surface area (Å²) in [5.41, 5.74) is 2.36. The van der Waals surface area contributed by atoms with Gasteiger partial charge in [0.1, 0.15) is 6.61 Å². The first kappa shape index (κ1) is 14.8. The molecule has 18 heavy (non-hydrogen) atoms. The van der Waals surface area contributed by atoms with E-state index < -0.39 is 17.7 Å². The number of carbonyl (C=O) groups is 1. The van der Waals surface area contributed by atoms with Gasteiger partial charge in [-0.2, -0.15) is 13.2 Å². The summed E-state index contributed by atoms with van der Waals surface area (Å²) < 4.78 is 41.8. The van der Waals surface area contributed by atoms with Gasteiger partial charge in [-0.15, -0.1) is 0 Å². The quantitative estimate of drug-likeness (QED) is 0.867.